The SMILES string of the molecule is CC(=O)Nc1ccc(NC(=O)/C(C#N)=C/c2ccc(C(C)C)c([N+](=O)[O-])c2)cc1. The Morgan fingerprint density at radius 1 is 1.10 bits per heavy atom. The summed E-state index contributed by atoms with van der Waals surface area (Å²) in [4.78, 5) is 34.3. The fourth-order valence-corrected chi connectivity index (χ4v) is 2.65. The number of hydrogen-bond acceptors (Lipinski definition) is 5. The molecule has 0 radical (unpaired) electrons. The maximum Gasteiger partial charge on any atom is 0.273 e. The number of nitriles is 1. The predicted octanol–water partition coefficient (Wildman–Crippen LogP) is 4.22. The van der Waals surface area contributed by atoms with E-state index in [1.54, 1.807) is 36.4 Å². The quantitative estimate of drug-likeness (QED) is 0.329. The number of anilines is 2. The van der Waals surface area contributed by atoms with Gasteiger partial charge in [0.05, 0.1) is 4.92 Å². The number of carbonyl (C=O) groups excluding carboxylic acids is 2. The standard InChI is InChI=1S/C21H20N4O4/c1-13(2)19-9-4-15(11-20(19)25(28)29)10-16(12-22)21(27)24-18-7-5-17(6-8-18)23-14(3)26/h4-11,13H,1-3H3,(H,23,26)(H,24,27)/b16-10+. The number of hydrogen-bond donors (Lipinski definition) is 2. The van der Waals surface area contributed by atoms with Crippen LogP contribution in [0.5, 0.6) is 0 Å². The van der Waals surface area contributed by atoms with Gasteiger partial charge in [-0.1, -0.05) is 26.0 Å². The number of carbonyl (C=O) groups is 2. The van der Waals surface area contributed by atoms with Crippen molar-refractivity contribution >= 4 is 35.0 Å². The summed E-state index contributed by atoms with van der Waals surface area (Å²) in [7, 11) is 0. The number of nitrogens with one attached hydrogen (secondary N) is 2. The second kappa shape index (κ2) is 9.28. The van der Waals surface area contributed by atoms with Gasteiger partial charge in [0.1, 0.15) is 11.6 Å². The van der Waals surface area contributed by atoms with Gasteiger partial charge in [-0.25, -0.2) is 0 Å². The van der Waals surface area contributed by atoms with Crippen LogP contribution in [0, 0.1) is 21.4 Å². The van der Waals surface area contributed by atoms with Crippen LogP contribution >= 0.6 is 0 Å². The Balaban J connectivity index is 2.24. The van der Waals surface area contributed by atoms with Gasteiger partial charge in [-0.2, -0.15) is 5.26 Å². The maximum atomic E-state index is 12.4. The molecule has 0 aliphatic carbocycles. The lowest BCUT2D eigenvalue weighted by Crippen LogP contribution is -2.13. The van der Waals surface area contributed by atoms with Gasteiger partial charge >= 0.3 is 0 Å². The van der Waals surface area contributed by atoms with Gasteiger partial charge in [0.25, 0.3) is 11.6 Å². The molecule has 0 aromatic heterocycles. The fourth-order valence-electron chi connectivity index (χ4n) is 2.65. The molecule has 8 nitrogen and oxygen atoms in total. The van der Waals surface area contributed by atoms with Crippen molar-refractivity contribution in [2.45, 2.75) is 26.7 Å². The van der Waals surface area contributed by atoms with Crippen molar-refractivity contribution in [1.29, 1.82) is 5.26 Å². The van der Waals surface area contributed by atoms with Crippen molar-refractivity contribution in [2.75, 3.05) is 10.6 Å². The van der Waals surface area contributed by atoms with Gasteiger partial charge in [0, 0.05) is 29.9 Å². The van der Waals surface area contributed by atoms with Crippen molar-refractivity contribution in [3.63, 3.8) is 0 Å². The molecule has 2 aromatic rings. The van der Waals surface area contributed by atoms with Crippen LogP contribution in [0.1, 0.15) is 37.8 Å². The third-order valence-corrected chi connectivity index (χ3v) is 4.01. The zero-order valence-corrected chi connectivity index (χ0v) is 16.2. The molecule has 0 unspecified atom stereocenters. The van der Waals surface area contributed by atoms with Crippen LogP contribution in [0.3, 0.4) is 0 Å². The van der Waals surface area contributed by atoms with Crippen LogP contribution in [0.2, 0.25) is 0 Å². The van der Waals surface area contributed by atoms with Crippen molar-refractivity contribution in [2.24, 2.45) is 0 Å². The van der Waals surface area contributed by atoms with Gasteiger partial charge < -0.3 is 10.6 Å². The summed E-state index contributed by atoms with van der Waals surface area (Å²) in [5.74, 6) is -0.892. The Morgan fingerprint density at radius 2 is 1.69 bits per heavy atom. The molecule has 0 spiro atoms. The van der Waals surface area contributed by atoms with Crippen LogP contribution < -0.4 is 10.6 Å². The summed E-state index contributed by atoms with van der Waals surface area (Å²) in [6.45, 7) is 5.09. The second-order valence-electron chi connectivity index (χ2n) is 6.61. The Morgan fingerprint density at radius 3 is 2.17 bits per heavy atom. The van der Waals surface area contributed by atoms with E-state index in [4.69, 9.17) is 0 Å². The molecular weight excluding hydrogens is 372 g/mol. The highest BCUT2D eigenvalue weighted by Gasteiger charge is 2.17. The van der Waals surface area contributed by atoms with Gasteiger partial charge in [0.2, 0.25) is 5.91 Å². The van der Waals surface area contributed by atoms with Gasteiger partial charge in [0.15, 0.2) is 0 Å². The van der Waals surface area contributed by atoms with Crippen molar-refractivity contribution in [3.05, 3.63) is 69.3 Å². The molecule has 2 aromatic carbocycles. The average molecular weight is 392 g/mol. The summed E-state index contributed by atoms with van der Waals surface area (Å²) >= 11 is 0. The van der Waals surface area contributed by atoms with Gasteiger partial charge in [-0.3, -0.25) is 19.7 Å². The van der Waals surface area contributed by atoms with Crippen LogP contribution in [0.4, 0.5) is 17.1 Å². The lowest BCUT2D eigenvalue weighted by atomic mass is 9.98. The van der Waals surface area contributed by atoms with Crippen molar-refractivity contribution in [3.8, 4) is 6.07 Å². The van der Waals surface area contributed by atoms with Crippen LogP contribution in [-0.2, 0) is 9.59 Å². The summed E-state index contributed by atoms with van der Waals surface area (Å²) in [6, 6.07) is 12.8. The molecule has 0 aliphatic heterocycles. The topological polar surface area (TPSA) is 125 Å². The van der Waals surface area contributed by atoms with E-state index in [0.717, 1.165) is 0 Å². The minimum Gasteiger partial charge on any atom is -0.326 e. The molecule has 0 saturated carbocycles. The lowest BCUT2D eigenvalue weighted by molar-refractivity contribution is -0.385. The number of nitro groups is 1. The number of rotatable bonds is 6. The highest BCUT2D eigenvalue weighted by atomic mass is 16.6. The van der Waals surface area contributed by atoms with E-state index in [1.165, 1.54) is 19.1 Å². The summed E-state index contributed by atoms with van der Waals surface area (Å²) in [6.07, 6.45) is 1.30. The summed E-state index contributed by atoms with van der Waals surface area (Å²) in [5.41, 5.74) is 1.72. The first-order chi connectivity index (χ1) is 13.7. The Hall–Kier alpha value is -3.99. The predicted molar refractivity (Wildman–Crippen MR) is 110 cm³/mol. The van der Waals surface area contributed by atoms with E-state index >= 15 is 0 Å². The summed E-state index contributed by atoms with van der Waals surface area (Å²) in [5, 5.41) is 25.9. The molecule has 0 heterocycles. The largest absolute Gasteiger partial charge is 0.326 e. The van der Waals surface area contributed by atoms with E-state index in [2.05, 4.69) is 10.6 Å². The molecule has 29 heavy (non-hydrogen) atoms. The summed E-state index contributed by atoms with van der Waals surface area (Å²) < 4.78 is 0. The van der Waals surface area contributed by atoms with E-state index in [-0.39, 0.29) is 23.1 Å². The highest BCUT2D eigenvalue weighted by molar-refractivity contribution is 6.09. The maximum absolute atomic E-state index is 12.4. The minimum absolute atomic E-state index is 0.0346. The zero-order valence-electron chi connectivity index (χ0n) is 16.2. The molecular formula is C21H20N4O4. The first-order valence-corrected chi connectivity index (χ1v) is 8.80. The molecule has 8 heteroatoms. The fraction of sp³-hybridized carbons (Fsp3) is 0.190. The highest BCUT2D eigenvalue weighted by Crippen LogP contribution is 2.28. The van der Waals surface area contributed by atoms with Crippen LogP contribution in [0.25, 0.3) is 6.08 Å². The molecule has 0 bridgehead atoms. The monoisotopic (exact) mass is 392 g/mol. The minimum atomic E-state index is -0.643. The van der Waals surface area contributed by atoms with E-state index in [9.17, 15) is 25.0 Å². The van der Waals surface area contributed by atoms with E-state index in [0.29, 0.717) is 22.5 Å². The Bertz CT molecular complexity index is 1020. The third-order valence-electron chi connectivity index (χ3n) is 4.01. The third kappa shape index (κ3) is 5.74. The van der Waals surface area contributed by atoms with Crippen LogP contribution in [-0.4, -0.2) is 16.7 Å². The smallest absolute Gasteiger partial charge is 0.273 e. The van der Waals surface area contributed by atoms with E-state index < -0.39 is 10.8 Å². The molecule has 2 rings (SSSR count). The molecule has 2 amide bonds. The number of amides is 2. The van der Waals surface area contributed by atoms with Crippen molar-refractivity contribution < 1.29 is 14.5 Å². The molecule has 2 N–H and O–H groups in total. The second-order valence-corrected chi connectivity index (χ2v) is 6.61. The zero-order chi connectivity index (χ0) is 21.6. The molecule has 0 aliphatic rings. The molecule has 148 valence electrons. The average Bonchev–Trinajstić information content (AvgIpc) is 2.66. The van der Waals surface area contributed by atoms with Crippen molar-refractivity contribution in [1.82, 2.24) is 0 Å². The lowest BCUT2D eigenvalue weighted by Gasteiger charge is -2.08. The molecule has 0 fully saturated rings. The number of nitrogens with zero attached hydrogens (tertiary/aromatic N) is 2. The molecule has 0 atom stereocenters. The number of nitro benzene ring substituents is 1. The van der Waals surface area contributed by atoms with Gasteiger partial charge in [-0.15, -0.1) is 0 Å². The Labute approximate surface area is 168 Å². The number of benzene rings is 2. The molecule has 0 saturated heterocycles. The van der Waals surface area contributed by atoms with Crippen LogP contribution in [0.15, 0.2) is 48.0 Å². The Kier molecular flexibility index (Phi) is 6.82. The van der Waals surface area contributed by atoms with E-state index in [1.807, 2.05) is 19.9 Å². The first kappa shape index (κ1) is 21.3. The van der Waals surface area contributed by atoms with Gasteiger partial charge in [-0.05, 0) is 41.8 Å². The first-order valence-electron chi connectivity index (χ1n) is 8.80. The normalized spacial score (nSPS) is 10.9.